The van der Waals surface area contributed by atoms with Crippen LogP contribution in [0.5, 0.6) is 0 Å². The molecule has 4 heteroatoms. The van der Waals surface area contributed by atoms with Crippen LogP contribution in [0.25, 0.3) is 89.5 Å². The molecule has 0 aliphatic heterocycles. The molecule has 4 aromatic heterocycles. The minimum atomic E-state index is -1.31. The van der Waals surface area contributed by atoms with Crippen molar-refractivity contribution >= 4 is 0 Å². The summed E-state index contributed by atoms with van der Waals surface area (Å²) in [7, 11) is 8.35. The Hall–Kier alpha value is -9.64. The SMILES string of the molecule is Cc1ccccc1-c1cc(-c2ccc(C(C)C)cc2)cc[n+]1C.Cc1ccccc1-c1cc(-c2cccc(C(C)C)c2)cc[n+]1C.[2H]C(C)(C)c1ccc(-c2cc[n+](C)c(-c3ccccc3C)c2)cc1.[2H]C([2H])(C)c1ccc(-c2cc[n+](C)c(-c3ccccc3C)c2)cc1. The van der Waals surface area contributed by atoms with E-state index in [1.807, 2.05) is 38.1 Å². The van der Waals surface area contributed by atoms with Gasteiger partial charge in [-0.1, -0.05) is 218 Å². The lowest BCUT2D eigenvalue weighted by atomic mass is 9.96. The topological polar surface area (TPSA) is 15.5 Å². The first kappa shape index (κ1) is 61.6. The molecule has 0 unspecified atom stereocenters. The van der Waals surface area contributed by atoms with E-state index in [1.54, 1.807) is 6.92 Å². The van der Waals surface area contributed by atoms with Crippen LogP contribution in [0.4, 0.5) is 0 Å². The highest BCUT2D eigenvalue weighted by Gasteiger charge is 2.19. The second-order valence-electron chi connectivity index (χ2n) is 24.9. The van der Waals surface area contributed by atoms with Gasteiger partial charge in [0.15, 0.2) is 24.8 Å². The maximum absolute atomic E-state index is 8.14. The number of nitrogens with zero attached hydrogens (tertiary/aromatic N) is 4. The van der Waals surface area contributed by atoms with Gasteiger partial charge in [0, 0.05) is 74.9 Å². The Morgan fingerprint density at radius 2 is 0.582 bits per heavy atom. The van der Waals surface area contributed by atoms with E-state index in [0.29, 0.717) is 17.4 Å². The van der Waals surface area contributed by atoms with Gasteiger partial charge in [-0.15, -0.1) is 0 Å². The lowest BCUT2D eigenvalue weighted by molar-refractivity contribution is -0.660. The normalized spacial score (nSPS) is 11.7. The molecule has 12 aromatic rings. The van der Waals surface area contributed by atoms with Crippen molar-refractivity contribution in [2.75, 3.05) is 0 Å². The number of aromatic nitrogens is 4. The van der Waals surface area contributed by atoms with E-state index in [4.69, 9.17) is 4.11 Å². The summed E-state index contributed by atoms with van der Waals surface area (Å²) in [5.41, 5.74) is 29.2. The number of pyridine rings is 4. The number of rotatable bonds is 12. The van der Waals surface area contributed by atoms with E-state index in [9.17, 15) is 0 Å². The fourth-order valence-electron chi connectivity index (χ4n) is 11.5. The van der Waals surface area contributed by atoms with Crippen LogP contribution >= 0.6 is 0 Å². The first-order chi connectivity index (χ1) is 44.8. The Labute approximate surface area is 549 Å². The maximum Gasteiger partial charge on any atom is 0.213 e. The van der Waals surface area contributed by atoms with E-state index < -0.39 is 12.3 Å². The molecule has 0 radical (unpaired) electrons. The van der Waals surface area contributed by atoms with Crippen LogP contribution < -0.4 is 18.3 Å². The quantitative estimate of drug-likeness (QED) is 0.108. The van der Waals surface area contributed by atoms with Gasteiger partial charge in [0.25, 0.3) is 0 Å². The fraction of sp³-hybridized carbons (Fsp3) is 0.218. The van der Waals surface area contributed by atoms with Gasteiger partial charge in [0.05, 0.1) is 0 Å². The Kier molecular flexibility index (Phi) is 20.8. The van der Waals surface area contributed by atoms with Gasteiger partial charge in [-0.25, -0.2) is 18.3 Å². The second-order valence-corrected chi connectivity index (χ2v) is 24.9. The molecule has 0 N–H and O–H groups in total. The van der Waals surface area contributed by atoms with Crippen molar-refractivity contribution in [3.8, 4) is 89.5 Å². The molecule has 0 bridgehead atoms. The molecular weight excluding hydrogens is 1100 g/mol. The van der Waals surface area contributed by atoms with Crippen LogP contribution in [0, 0.1) is 27.7 Å². The van der Waals surface area contributed by atoms with Crippen LogP contribution in [0.1, 0.15) is 115 Å². The third kappa shape index (κ3) is 16.6. The van der Waals surface area contributed by atoms with Crippen molar-refractivity contribution in [2.24, 2.45) is 28.2 Å². The van der Waals surface area contributed by atoms with Gasteiger partial charge in [0.2, 0.25) is 22.8 Å². The molecule has 458 valence electrons. The number of hydrogen-bond donors (Lipinski definition) is 0. The summed E-state index contributed by atoms with van der Waals surface area (Å²) < 4.78 is 32.4. The smallest absolute Gasteiger partial charge is 0.201 e. The molecule has 0 aliphatic carbocycles. The van der Waals surface area contributed by atoms with E-state index in [1.165, 1.54) is 112 Å². The summed E-state index contributed by atoms with van der Waals surface area (Å²) in [5, 5.41) is 0. The number of aryl methyl sites for hydroxylation is 9. The molecule has 0 spiro atoms. The van der Waals surface area contributed by atoms with Gasteiger partial charge in [-0.3, -0.25) is 0 Å². The van der Waals surface area contributed by atoms with Crippen molar-refractivity contribution < 1.29 is 22.4 Å². The average Bonchev–Trinajstić information content (AvgIpc) is 0.837. The van der Waals surface area contributed by atoms with Gasteiger partial charge in [-0.05, 0) is 165 Å². The maximum atomic E-state index is 8.14. The highest BCUT2D eigenvalue weighted by molar-refractivity contribution is 5.74. The summed E-state index contributed by atoms with van der Waals surface area (Å²) in [6, 6.07) is 85.5. The molecular formula is C87H94N4+4. The van der Waals surface area contributed by atoms with Crippen molar-refractivity contribution in [1.82, 2.24) is 0 Å². The summed E-state index contributed by atoms with van der Waals surface area (Å²) >= 11 is 0. The Bertz CT molecular complexity index is 4380. The standard InChI is InChI=1S/3C22H24N.C21H22N/c1-16(2)18-9-7-10-19(14-18)20-12-13-23(4)22(15-20)21-11-6-5-8-17(21)3;2*1-16(2)18-9-11-19(12-10-18)20-13-14-23(4)22(15-20)21-8-6-5-7-17(21)3;1-4-17-9-11-18(12-10-17)19-13-14-22(3)21(15-19)20-8-6-5-7-16(20)2/h3*5-16H,1-4H3;5-15H,4H2,1-3H3/q4*+1/i;16D;;4D2. The second kappa shape index (κ2) is 30.7. The van der Waals surface area contributed by atoms with E-state index >= 15 is 0 Å². The van der Waals surface area contributed by atoms with Gasteiger partial charge in [0.1, 0.15) is 28.2 Å². The molecule has 4 heterocycles. The molecule has 0 atom stereocenters. The predicted molar refractivity (Wildman–Crippen MR) is 385 cm³/mol. The molecule has 0 aliphatic rings. The van der Waals surface area contributed by atoms with Crippen molar-refractivity contribution in [3.05, 3.63) is 312 Å². The largest absolute Gasteiger partial charge is 0.213 e. The first-order valence-electron chi connectivity index (χ1n) is 33.5. The summed E-state index contributed by atoms with van der Waals surface area (Å²) in [6.07, 6.45) is 7.17. The molecule has 12 rings (SSSR count). The van der Waals surface area contributed by atoms with Crippen LogP contribution in [-0.2, 0) is 34.6 Å². The van der Waals surface area contributed by atoms with Gasteiger partial charge < -0.3 is 0 Å². The lowest BCUT2D eigenvalue weighted by Crippen LogP contribution is -2.30. The Balaban J connectivity index is 0.000000148. The highest BCUT2D eigenvalue weighted by atomic mass is 14.9. The van der Waals surface area contributed by atoms with Crippen LogP contribution in [0.2, 0.25) is 0 Å². The minimum absolute atomic E-state index is 0.547. The zero-order valence-electron chi connectivity index (χ0n) is 59.3. The predicted octanol–water partition coefficient (Wildman–Crippen LogP) is 20.5. The number of benzene rings is 8. The molecule has 0 amide bonds. The Morgan fingerprint density at radius 3 is 0.879 bits per heavy atom. The molecule has 8 aromatic carbocycles. The van der Waals surface area contributed by atoms with Crippen LogP contribution in [0.3, 0.4) is 0 Å². The molecule has 0 saturated heterocycles. The summed E-state index contributed by atoms with van der Waals surface area (Å²) in [5.74, 6) is 0.555. The van der Waals surface area contributed by atoms with Crippen LogP contribution in [0.15, 0.2) is 267 Å². The molecule has 91 heavy (non-hydrogen) atoms. The van der Waals surface area contributed by atoms with Gasteiger partial charge >= 0.3 is 0 Å². The zero-order chi connectivity index (χ0) is 67.4. The summed E-state index contributed by atoms with van der Waals surface area (Å²) in [6.45, 7) is 23.0. The van der Waals surface area contributed by atoms with Crippen molar-refractivity contribution in [2.45, 2.75) is 100 Å². The van der Waals surface area contributed by atoms with Crippen LogP contribution in [-0.4, -0.2) is 0 Å². The third-order valence-corrected chi connectivity index (χ3v) is 17.4. The van der Waals surface area contributed by atoms with E-state index in [0.717, 1.165) is 16.7 Å². The first-order valence-corrected chi connectivity index (χ1v) is 32.0. The van der Waals surface area contributed by atoms with E-state index in [-0.39, 0.29) is 0 Å². The Morgan fingerprint density at radius 1 is 0.297 bits per heavy atom. The minimum Gasteiger partial charge on any atom is -0.201 e. The third-order valence-electron chi connectivity index (χ3n) is 17.4. The lowest BCUT2D eigenvalue weighted by Gasteiger charge is -2.10. The molecule has 0 saturated carbocycles. The average molecular weight is 1200 g/mol. The van der Waals surface area contributed by atoms with E-state index in [2.05, 4.69) is 345 Å². The fourth-order valence-corrected chi connectivity index (χ4v) is 11.5. The molecule has 4 nitrogen and oxygen atoms in total. The van der Waals surface area contributed by atoms with Gasteiger partial charge in [-0.2, -0.15) is 0 Å². The highest BCUT2D eigenvalue weighted by Crippen LogP contribution is 2.32. The molecule has 0 fully saturated rings. The van der Waals surface area contributed by atoms with Crippen molar-refractivity contribution in [3.63, 3.8) is 0 Å². The van der Waals surface area contributed by atoms with Crippen molar-refractivity contribution in [1.29, 1.82) is 0 Å². The number of hydrogen-bond acceptors (Lipinski definition) is 0. The summed E-state index contributed by atoms with van der Waals surface area (Å²) in [4.78, 5) is 0. The zero-order valence-corrected chi connectivity index (χ0v) is 56.3. The monoisotopic (exact) mass is 1200 g/mol.